The third-order valence-electron chi connectivity index (χ3n) is 6.70. The Balaban J connectivity index is 1.32. The summed E-state index contributed by atoms with van der Waals surface area (Å²) in [6, 6.07) is 7.57. The number of rotatable bonds is 2. The highest BCUT2D eigenvalue weighted by atomic mass is 16.2. The number of hydrogen-bond acceptors (Lipinski definition) is 4. The van der Waals surface area contributed by atoms with E-state index in [1.54, 1.807) is 4.90 Å². The minimum atomic E-state index is -0.478. The summed E-state index contributed by atoms with van der Waals surface area (Å²) in [7, 11) is 0. The molecule has 2 saturated heterocycles. The molecule has 0 radical (unpaired) electrons. The first-order chi connectivity index (χ1) is 13.1. The molecular formula is C20H24N4O3. The Morgan fingerprint density at radius 3 is 2.85 bits per heavy atom. The second-order valence-electron chi connectivity index (χ2n) is 8.22. The normalized spacial score (nSPS) is 31.7. The van der Waals surface area contributed by atoms with E-state index in [1.165, 1.54) is 0 Å². The van der Waals surface area contributed by atoms with Gasteiger partial charge in [0, 0.05) is 37.7 Å². The van der Waals surface area contributed by atoms with Crippen LogP contribution in [0.3, 0.4) is 0 Å². The van der Waals surface area contributed by atoms with E-state index in [1.807, 2.05) is 29.2 Å². The number of amides is 3. The first-order valence-electron chi connectivity index (χ1n) is 9.81. The topological polar surface area (TPSA) is 81.8 Å². The molecule has 1 aromatic rings. The predicted molar refractivity (Wildman–Crippen MR) is 98.9 cm³/mol. The van der Waals surface area contributed by atoms with Crippen molar-refractivity contribution in [3.05, 3.63) is 29.8 Å². The number of nitrogens with zero attached hydrogens (tertiary/aromatic N) is 2. The minimum Gasteiger partial charge on any atom is -0.362 e. The highest BCUT2D eigenvalue weighted by Crippen LogP contribution is 2.47. The Kier molecular flexibility index (Phi) is 3.67. The Bertz CT molecular complexity index is 825. The van der Waals surface area contributed by atoms with Gasteiger partial charge in [-0.15, -0.1) is 0 Å². The highest BCUT2D eigenvalue weighted by Gasteiger charge is 2.55. The average Bonchev–Trinajstić information content (AvgIpc) is 3.34. The fourth-order valence-electron chi connectivity index (χ4n) is 5.30. The average molecular weight is 368 g/mol. The van der Waals surface area contributed by atoms with Crippen molar-refractivity contribution in [2.24, 2.45) is 11.8 Å². The third kappa shape index (κ3) is 2.59. The molecule has 27 heavy (non-hydrogen) atoms. The van der Waals surface area contributed by atoms with Crippen LogP contribution in [0.1, 0.15) is 36.0 Å². The van der Waals surface area contributed by atoms with E-state index in [0.717, 1.165) is 24.9 Å². The quantitative estimate of drug-likeness (QED) is 0.817. The Labute approximate surface area is 158 Å². The molecule has 0 bridgehead atoms. The molecule has 7 nitrogen and oxygen atoms in total. The number of likely N-dealkylation sites (tertiary alicyclic amines) is 2. The number of fused-ring (bicyclic) bond motifs is 3. The van der Waals surface area contributed by atoms with Crippen molar-refractivity contribution >= 4 is 23.4 Å². The van der Waals surface area contributed by atoms with Crippen LogP contribution in [0.4, 0.5) is 5.69 Å². The molecule has 142 valence electrons. The first-order valence-corrected chi connectivity index (χ1v) is 9.81. The molecule has 5 rings (SSSR count). The molecule has 1 aromatic carbocycles. The first kappa shape index (κ1) is 16.6. The van der Waals surface area contributed by atoms with Crippen LogP contribution in [0, 0.1) is 11.8 Å². The largest absolute Gasteiger partial charge is 0.362 e. The van der Waals surface area contributed by atoms with Crippen LogP contribution in [0.5, 0.6) is 0 Å². The van der Waals surface area contributed by atoms with Gasteiger partial charge in [0.2, 0.25) is 11.8 Å². The predicted octanol–water partition coefficient (Wildman–Crippen LogP) is 1.03. The molecule has 0 aromatic heterocycles. The SMILES string of the molecule is O=C1N[C@]2(CC[C@@H]3CN(C(=O)CN4CCCC4=O)C[C@@H]32)Nc2ccccc21. The number of nitrogens with one attached hydrogen (secondary N) is 2. The van der Waals surface area contributed by atoms with Gasteiger partial charge in [-0.05, 0) is 37.3 Å². The lowest BCUT2D eigenvalue weighted by atomic mass is 9.89. The lowest BCUT2D eigenvalue weighted by Crippen LogP contribution is -2.61. The fourth-order valence-corrected chi connectivity index (χ4v) is 5.30. The second-order valence-corrected chi connectivity index (χ2v) is 8.22. The van der Waals surface area contributed by atoms with E-state index in [0.29, 0.717) is 37.5 Å². The van der Waals surface area contributed by atoms with Gasteiger partial charge < -0.3 is 20.4 Å². The Morgan fingerprint density at radius 2 is 2.04 bits per heavy atom. The smallest absolute Gasteiger partial charge is 0.255 e. The van der Waals surface area contributed by atoms with Crippen molar-refractivity contribution in [3.8, 4) is 0 Å². The van der Waals surface area contributed by atoms with Gasteiger partial charge >= 0.3 is 0 Å². The van der Waals surface area contributed by atoms with E-state index >= 15 is 0 Å². The molecule has 3 heterocycles. The summed E-state index contributed by atoms with van der Waals surface area (Å²) < 4.78 is 0. The van der Waals surface area contributed by atoms with Crippen molar-refractivity contribution in [2.45, 2.75) is 31.3 Å². The zero-order chi connectivity index (χ0) is 18.6. The highest BCUT2D eigenvalue weighted by molar-refractivity contribution is 6.02. The standard InChI is InChI=1S/C20H24N4O3/c25-17-6-3-9-23(17)12-18(26)24-10-13-7-8-20(15(13)11-24)21-16-5-2-1-4-14(16)19(27)22-20/h1-2,4-5,13,15,21H,3,6-12H2,(H,22,27)/t13-,15+,20+/m1/s1. The summed E-state index contributed by atoms with van der Waals surface area (Å²) in [5.41, 5.74) is 1.06. The third-order valence-corrected chi connectivity index (χ3v) is 6.70. The Morgan fingerprint density at radius 1 is 1.19 bits per heavy atom. The van der Waals surface area contributed by atoms with E-state index in [-0.39, 0.29) is 30.2 Å². The van der Waals surface area contributed by atoms with Crippen LogP contribution >= 0.6 is 0 Å². The van der Waals surface area contributed by atoms with Crippen LogP contribution in [0.25, 0.3) is 0 Å². The number of para-hydroxylation sites is 1. The maximum atomic E-state index is 12.7. The number of hydrogen-bond donors (Lipinski definition) is 2. The van der Waals surface area contributed by atoms with Gasteiger partial charge in [-0.1, -0.05) is 12.1 Å². The van der Waals surface area contributed by atoms with Gasteiger partial charge in [0.05, 0.1) is 12.1 Å². The van der Waals surface area contributed by atoms with Crippen LogP contribution in [0.15, 0.2) is 24.3 Å². The molecule has 7 heteroatoms. The van der Waals surface area contributed by atoms with Crippen molar-refractivity contribution < 1.29 is 14.4 Å². The number of carbonyl (C=O) groups excluding carboxylic acids is 3. The molecular weight excluding hydrogens is 344 g/mol. The van der Waals surface area contributed by atoms with Gasteiger partial charge in [0.25, 0.3) is 5.91 Å². The van der Waals surface area contributed by atoms with E-state index in [2.05, 4.69) is 10.6 Å². The number of carbonyl (C=O) groups is 3. The van der Waals surface area contributed by atoms with Gasteiger partial charge in [0.1, 0.15) is 5.66 Å². The van der Waals surface area contributed by atoms with E-state index in [9.17, 15) is 14.4 Å². The fraction of sp³-hybridized carbons (Fsp3) is 0.550. The van der Waals surface area contributed by atoms with Crippen molar-refractivity contribution in [1.29, 1.82) is 0 Å². The Hall–Kier alpha value is -2.57. The lowest BCUT2D eigenvalue weighted by molar-refractivity contribution is -0.137. The molecule has 1 aliphatic carbocycles. The molecule has 4 aliphatic rings. The van der Waals surface area contributed by atoms with Crippen molar-refractivity contribution in [1.82, 2.24) is 15.1 Å². The summed E-state index contributed by atoms with van der Waals surface area (Å²) in [5, 5.41) is 6.79. The molecule has 3 fully saturated rings. The van der Waals surface area contributed by atoms with Gasteiger partial charge in [0.15, 0.2) is 0 Å². The summed E-state index contributed by atoms with van der Waals surface area (Å²) in [6.07, 6.45) is 3.24. The van der Waals surface area contributed by atoms with Crippen molar-refractivity contribution in [2.75, 3.05) is 31.5 Å². The lowest BCUT2D eigenvalue weighted by Gasteiger charge is -2.42. The molecule has 3 aliphatic heterocycles. The van der Waals surface area contributed by atoms with Crippen LogP contribution in [-0.4, -0.2) is 59.4 Å². The zero-order valence-corrected chi connectivity index (χ0v) is 15.2. The molecule has 1 spiro atoms. The van der Waals surface area contributed by atoms with E-state index < -0.39 is 5.66 Å². The minimum absolute atomic E-state index is 0.0253. The summed E-state index contributed by atoms with van der Waals surface area (Å²) >= 11 is 0. The molecule has 3 atom stereocenters. The number of benzene rings is 1. The maximum absolute atomic E-state index is 12.7. The summed E-state index contributed by atoms with van der Waals surface area (Å²) in [5.74, 6) is 0.626. The van der Waals surface area contributed by atoms with Gasteiger partial charge in [-0.2, -0.15) is 0 Å². The molecule has 2 N–H and O–H groups in total. The van der Waals surface area contributed by atoms with Gasteiger partial charge in [-0.3, -0.25) is 14.4 Å². The number of anilines is 1. The van der Waals surface area contributed by atoms with Gasteiger partial charge in [-0.25, -0.2) is 0 Å². The second kappa shape index (κ2) is 5.97. The zero-order valence-electron chi connectivity index (χ0n) is 15.2. The molecule has 1 saturated carbocycles. The molecule has 0 unspecified atom stereocenters. The van der Waals surface area contributed by atoms with Crippen LogP contribution < -0.4 is 10.6 Å². The monoisotopic (exact) mass is 368 g/mol. The molecule has 3 amide bonds. The van der Waals surface area contributed by atoms with Crippen LogP contribution in [-0.2, 0) is 9.59 Å². The van der Waals surface area contributed by atoms with Crippen LogP contribution in [0.2, 0.25) is 0 Å². The summed E-state index contributed by atoms with van der Waals surface area (Å²) in [4.78, 5) is 40.7. The van der Waals surface area contributed by atoms with E-state index in [4.69, 9.17) is 0 Å². The maximum Gasteiger partial charge on any atom is 0.255 e. The van der Waals surface area contributed by atoms with Crippen molar-refractivity contribution in [3.63, 3.8) is 0 Å². The summed E-state index contributed by atoms with van der Waals surface area (Å²) in [6.45, 7) is 2.21.